The van der Waals surface area contributed by atoms with E-state index in [1.807, 2.05) is 0 Å². The molecule has 0 bridgehead atoms. The lowest BCUT2D eigenvalue weighted by molar-refractivity contribution is 0.207. The highest BCUT2D eigenvalue weighted by molar-refractivity contribution is 7.14. The van der Waals surface area contributed by atoms with Gasteiger partial charge in [0.05, 0.1) is 5.54 Å². The minimum Gasteiger partial charge on any atom is -0.396 e. The number of hydrogen-bond donors (Lipinski definition) is 3. The van der Waals surface area contributed by atoms with Crippen molar-refractivity contribution in [3.8, 4) is 0 Å². The molecule has 0 saturated carbocycles. The molecule has 78 valence electrons. The molecule has 0 radical (unpaired) electrons. The van der Waals surface area contributed by atoms with Crippen LogP contribution in [0.4, 0.5) is 5.13 Å². The van der Waals surface area contributed by atoms with Crippen LogP contribution < -0.4 is 10.6 Å². The van der Waals surface area contributed by atoms with E-state index in [9.17, 15) is 0 Å². The first-order valence-electron chi connectivity index (χ1n) is 4.45. The molecular weight excluding hydrogens is 222 g/mol. The van der Waals surface area contributed by atoms with Crippen LogP contribution in [0.2, 0.25) is 5.15 Å². The third-order valence-electron chi connectivity index (χ3n) is 2.37. The number of nitrogens with one attached hydrogen (secondary N) is 2. The van der Waals surface area contributed by atoms with Crippen LogP contribution >= 0.6 is 22.9 Å². The zero-order valence-corrected chi connectivity index (χ0v) is 9.16. The number of hydrogen-bond acceptors (Lipinski definition) is 5. The molecule has 1 aromatic heterocycles. The van der Waals surface area contributed by atoms with Crippen molar-refractivity contribution in [2.75, 3.05) is 25.0 Å². The van der Waals surface area contributed by atoms with E-state index in [4.69, 9.17) is 16.7 Å². The highest BCUT2D eigenvalue weighted by atomic mass is 35.5. The lowest BCUT2D eigenvalue weighted by Crippen LogP contribution is -2.64. The van der Waals surface area contributed by atoms with Crippen LogP contribution in [0.15, 0.2) is 5.38 Å². The minimum absolute atomic E-state index is 0.0318. The van der Waals surface area contributed by atoms with Gasteiger partial charge in [-0.2, -0.15) is 0 Å². The summed E-state index contributed by atoms with van der Waals surface area (Å²) in [6.45, 7) is 1.92. The van der Waals surface area contributed by atoms with Gasteiger partial charge in [-0.1, -0.05) is 11.6 Å². The van der Waals surface area contributed by atoms with E-state index in [2.05, 4.69) is 15.6 Å². The van der Waals surface area contributed by atoms with Crippen molar-refractivity contribution in [1.82, 2.24) is 10.3 Å². The third kappa shape index (κ3) is 2.00. The maximum absolute atomic E-state index is 8.94. The molecule has 0 spiro atoms. The van der Waals surface area contributed by atoms with E-state index >= 15 is 0 Å². The average Bonchev–Trinajstić information content (AvgIpc) is 2.48. The van der Waals surface area contributed by atoms with E-state index in [1.165, 1.54) is 11.3 Å². The maximum Gasteiger partial charge on any atom is 0.184 e. The smallest absolute Gasteiger partial charge is 0.184 e. The van der Waals surface area contributed by atoms with Crippen molar-refractivity contribution in [3.05, 3.63) is 10.5 Å². The summed E-state index contributed by atoms with van der Waals surface area (Å²) in [5.41, 5.74) is -0.0318. The van der Waals surface area contributed by atoms with Gasteiger partial charge in [0, 0.05) is 25.1 Å². The van der Waals surface area contributed by atoms with Crippen molar-refractivity contribution in [2.24, 2.45) is 0 Å². The Balaban J connectivity index is 2.01. The Morgan fingerprint density at radius 1 is 1.71 bits per heavy atom. The predicted molar refractivity (Wildman–Crippen MR) is 58.1 cm³/mol. The summed E-state index contributed by atoms with van der Waals surface area (Å²) in [5, 5.41) is 18.6. The summed E-state index contributed by atoms with van der Waals surface area (Å²) in [7, 11) is 0. The van der Waals surface area contributed by atoms with Gasteiger partial charge in [0.2, 0.25) is 0 Å². The summed E-state index contributed by atoms with van der Waals surface area (Å²) in [6, 6.07) is 0. The molecule has 3 N–H and O–H groups in total. The molecule has 4 nitrogen and oxygen atoms in total. The molecule has 0 aliphatic carbocycles. The quantitative estimate of drug-likeness (QED) is 0.725. The van der Waals surface area contributed by atoms with E-state index in [-0.39, 0.29) is 12.1 Å². The van der Waals surface area contributed by atoms with Gasteiger partial charge in [-0.15, -0.1) is 11.3 Å². The van der Waals surface area contributed by atoms with Crippen molar-refractivity contribution < 1.29 is 5.11 Å². The lowest BCUT2D eigenvalue weighted by atomic mass is 9.89. The Morgan fingerprint density at radius 3 is 2.93 bits per heavy atom. The summed E-state index contributed by atoms with van der Waals surface area (Å²) in [4.78, 5) is 4.12. The number of aromatic nitrogens is 1. The summed E-state index contributed by atoms with van der Waals surface area (Å²) in [6.07, 6.45) is 0.733. The monoisotopic (exact) mass is 233 g/mol. The maximum atomic E-state index is 8.94. The van der Waals surface area contributed by atoms with Crippen LogP contribution in [0.25, 0.3) is 0 Å². The van der Waals surface area contributed by atoms with Crippen LogP contribution in [0.3, 0.4) is 0 Å². The number of rotatable bonds is 4. The Labute approximate surface area is 91.3 Å². The molecule has 1 aliphatic rings. The molecule has 0 unspecified atom stereocenters. The van der Waals surface area contributed by atoms with Gasteiger partial charge in [-0.25, -0.2) is 4.98 Å². The van der Waals surface area contributed by atoms with Crippen LogP contribution in [0.1, 0.15) is 6.42 Å². The van der Waals surface area contributed by atoms with Gasteiger partial charge in [-0.3, -0.25) is 0 Å². The van der Waals surface area contributed by atoms with E-state index in [0.29, 0.717) is 5.15 Å². The van der Waals surface area contributed by atoms with Crippen LogP contribution in [-0.2, 0) is 0 Å². The zero-order chi connectivity index (χ0) is 10.0. The van der Waals surface area contributed by atoms with E-state index in [0.717, 1.165) is 24.6 Å². The number of thiazole rings is 1. The number of anilines is 1. The van der Waals surface area contributed by atoms with Crippen molar-refractivity contribution >= 4 is 28.1 Å². The molecule has 2 heterocycles. The van der Waals surface area contributed by atoms with Gasteiger partial charge in [0.25, 0.3) is 0 Å². The van der Waals surface area contributed by atoms with Crippen LogP contribution in [0.5, 0.6) is 0 Å². The fraction of sp³-hybridized carbons (Fsp3) is 0.625. The first kappa shape index (κ1) is 10.2. The molecule has 2 rings (SSSR count). The fourth-order valence-electron chi connectivity index (χ4n) is 1.51. The second-order valence-electron chi connectivity index (χ2n) is 3.46. The summed E-state index contributed by atoms with van der Waals surface area (Å²) < 4.78 is 0. The molecule has 6 heteroatoms. The van der Waals surface area contributed by atoms with Gasteiger partial charge in [-0.05, 0) is 6.42 Å². The predicted octanol–water partition coefficient (Wildman–Crippen LogP) is 0.933. The first-order chi connectivity index (χ1) is 6.74. The first-order valence-corrected chi connectivity index (χ1v) is 5.71. The largest absolute Gasteiger partial charge is 0.396 e. The molecule has 1 aliphatic heterocycles. The number of aliphatic hydroxyl groups is 1. The highest BCUT2D eigenvalue weighted by Gasteiger charge is 2.36. The second-order valence-corrected chi connectivity index (χ2v) is 4.70. The minimum atomic E-state index is -0.0318. The normalized spacial score (nSPS) is 19.0. The second kappa shape index (κ2) is 4.02. The molecule has 1 aromatic rings. The third-order valence-corrected chi connectivity index (χ3v) is 3.45. The van der Waals surface area contributed by atoms with Crippen LogP contribution in [-0.4, -0.2) is 35.3 Å². The van der Waals surface area contributed by atoms with E-state index < -0.39 is 0 Å². The Bertz CT molecular complexity index is 313. The SMILES string of the molecule is OCCC1(Nc2nc(Cl)cs2)CNC1. The topological polar surface area (TPSA) is 57.2 Å². The van der Waals surface area contributed by atoms with E-state index in [1.54, 1.807) is 5.38 Å². The molecule has 0 aromatic carbocycles. The molecular formula is C8H12ClN3OS. The lowest BCUT2D eigenvalue weighted by Gasteiger charge is -2.43. The zero-order valence-electron chi connectivity index (χ0n) is 7.59. The van der Waals surface area contributed by atoms with Crippen LogP contribution in [0, 0.1) is 0 Å². The average molecular weight is 234 g/mol. The molecule has 1 fully saturated rings. The van der Waals surface area contributed by atoms with Gasteiger partial charge in [0.15, 0.2) is 5.13 Å². The van der Waals surface area contributed by atoms with Gasteiger partial charge < -0.3 is 15.7 Å². The molecule has 1 saturated heterocycles. The van der Waals surface area contributed by atoms with Crippen molar-refractivity contribution in [3.63, 3.8) is 0 Å². The molecule has 0 amide bonds. The number of halogens is 1. The molecule has 0 atom stereocenters. The van der Waals surface area contributed by atoms with Crippen molar-refractivity contribution in [1.29, 1.82) is 0 Å². The summed E-state index contributed by atoms with van der Waals surface area (Å²) >= 11 is 7.21. The van der Waals surface area contributed by atoms with Gasteiger partial charge in [0.1, 0.15) is 5.15 Å². The Morgan fingerprint density at radius 2 is 2.50 bits per heavy atom. The Kier molecular flexibility index (Phi) is 2.92. The van der Waals surface area contributed by atoms with Crippen molar-refractivity contribution in [2.45, 2.75) is 12.0 Å². The number of aliphatic hydroxyl groups excluding tert-OH is 1. The standard InChI is InChI=1S/C8H12ClN3OS/c9-6-3-14-7(11-6)12-8(1-2-13)4-10-5-8/h3,10,13H,1-2,4-5H2,(H,11,12). The highest BCUT2D eigenvalue weighted by Crippen LogP contribution is 2.26. The fourth-order valence-corrected chi connectivity index (χ4v) is 2.46. The Hall–Kier alpha value is -0.360. The number of nitrogens with zero attached hydrogens (tertiary/aromatic N) is 1. The van der Waals surface area contributed by atoms with Gasteiger partial charge >= 0.3 is 0 Å². The molecule has 14 heavy (non-hydrogen) atoms. The summed E-state index contributed by atoms with van der Waals surface area (Å²) in [5.74, 6) is 0.